The molecule has 0 rings (SSSR count). The van der Waals surface area contributed by atoms with Gasteiger partial charge in [0, 0.05) is 6.21 Å². The van der Waals surface area contributed by atoms with E-state index in [2.05, 4.69) is 12.1 Å². The van der Waals surface area contributed by atoms with Crippen molar-refractivity contribution in [1.29, 1.82) is 0 Å². The fourth-order valence-electron chi connectivity index (χ4n) is 0.114. The van der Waals surface area contributed by atoms with E-state index in [0.717, 1.165) is 0 Å². The van der Waals surface area contributed by atoms with Crippen molar-refractivity contribution in [2.75, 3.05) is 0 Å². The Bertz CT molecular complexity index is 49.5. The van der Waals surface area contributed by atoms with Gasteiger partial charge in [0.1, 0.15) is 0 Å². The van der Waals surface area contributed by atoms with Crippen LogP contribution in [-0.2, 0) is 0 Å². The summed E-state index contributed by atoms with van der Waals surface area (Å²) in [5.74, 6) is 0.106. The second-order valence-electron chi connectivity index (χ2n) is 1.24. The second-order valence-corrected chi connectivity index (χ2v) is 1.24. The summed E-state index contributed by atoms with van der Waals surface area (Å²) in [7, 11) is 0. The first-order chi connectivity index (χ1) is 2.77. The quantitative estimate of drug-likeness (QED) is 0.287. The van der Waals surface area contributed by atoms with Crippen LogP contribution in [0.5, 0.6) is 0 Å². The van der Waals surface area contributed by atoms with E-state index in [-0.39, 0.29) is 5.92 Å². The van der Waals surface area contributed by atoms with Crippen LogP contribution in [0.2, 0.25) is 0 Å². The molecule has 2 nitrogen and oxygen atoms in total. The SMILES string of the molecule is [CH2]C(C)/C=N\O. The molecule has 1 atom stereocenters. The molecule has 0 aromatic rings. The smallest absolute Gasteiger partial charge is 0.0464 e. The first-order valence-corrected chi connectivity index (χ1v) is 1.78. The molecule has 0 bridgehead atoms. The summed E-state index contributed by atoms with van der Waals surface area (Å²) in [4.78, 5) is 0. The van der Waals surface area contributed by atoms with Crippen molar-refractivity contribution in [2.45, 2.75) is 6.92 Å². The Balaban J connectivity index is 3.03. The summed E-state index contributed by atoms with van der Waals surface area (Å²) < 4.78 is 0. The summed E-state index contributed by atoms with van der Waals surface area (Å²) in [6.45, 7) is 5.35. The largest absolute Gasteiger partial charge is 0.411 e. The summed E-state index contributed by atoms with van der Waals surface area (Å²) in [6.07, 6.45) is 1.36. The van der Waals surface area contributed by atoms with E-state index in [9.17, 15) is 0 Å². The normalized spacial score (nSPS) is 11.2. The van der Waals surface area contributed by atoms with Crippen molar-refractivity contribution in [3.63, 3.8) is 0 Å². The Morgan fingerprint density at radius 2 is 2.50 bits per heavy atom. The van der Waals surface area contributed by atoms with Crippen LogP contribution in [0.3, 0.4) is 0 Å². The third-order valence-corrected chi connectivity index (χ3v) is 0.321. The Morgan fingerprint density at radius 1 is 2.00 bits per heavy atom. The zero-order valence-electron chi connectivity index (χ0n) is 3.76. The predicted molar refractivity (Wildman–Crippen MR) is 24.8 cm³/mol. The minimum atomic E-state index is 0.106. The molecule has 0 aliphatic rings. The molecule has 0 aliphatic carbocycles. The average molecular weight is 86.1 g/mol. The van der Waals surface area contributed by atoms with Crippen LogP contribution in [0, 0.1) is 12.8 Å². The van der Waals surface area contributed by atoms with Crippen LogP contribution >= 0.6 is 0 Å². The Labute approximate surface area is 37.5 Å². The maximum absolute atomic E-state index is 7.77. The molecule has 0 amide bonds. The van der Waals surface area contributed by atoms with Crippen molar-refractivity contribution in [1.82, 2.24) is 0 Å². The molecule has 1 N–H and O–H groups in total. The number of rotatable bonds is 1. The number of hydrogen-bond acceptors (Lipinski definition) is 2. The van der Waals surface area contributed by atoms with E-state index in [4.69, 9.17) is 5.21 Å². The van der Waals surface area contributed by atoms with Gasteiger partial charge in [-0.05, 0) is 12.8 Å². The van der Waals surface area contributed by atoms with Gasteiger partial charge in [-0.1, -0.05) is 6.92 Å². The van der Waals surface area contributed by atoms with Crippen molar-refractivity contribution in [3.05, 3.63) is 6.92 Å². The van der Waals surface area contributed by atoms with Gasteiger partial charge in [0.2, 0.25) is 0 Å². The van der Waals surface area contributed by atoms with Crippen molar-refractivity contribution >= 4 is 6.21 Å². The van der Waals surface area contributed by atoms with E-state index >= 15 is 0 Å². The Hall–Kier alpha value is -0.530. The third-order valence-electron chi connectivity index (χ3n) is 0.321. The molecule has 0 saturated carbocycles. The van der Waals surface area contributed by atoms with Crippen LogP contribution in [0.4, 0.5) is 0 Å². The Kier molecular flexibility index (Phi) is 2.46. The molecular formula is C4H8NO. The van der Waals surface area contributed by atoms with Crippen molar-refractivity contribution < 1.29 is 5.21 Å². The molecule has 0 aromatic heterocycles. The van der Waals surface area contributed by atoms with Gasteiger partial charge in [0.05, 0.1) is 0 Å². The van der Waals surface area contributed by atoms with Gasteiger partial charge in [0.25, 0.3) is 0 Å². The van der Waals surface area contributed by atoms with Crippen LogP contribution in [0.15, 0.2) is 5.16 Å². The zero-order chi connectivity index (χ0) is 4.99. The first-order valence-electron chi connectivity index (χ1n) is 1.78. The van der Waals surface area contributed by atoms with Gasteiger partial charge >= 0.3 is 0 Å². The van der Waals surface area contributed by atoms with E-state index < -0.39 is 0 Å². The van der Waals surface area contributed by atoms with E-state index in [1.807, 2.05) is 6.92 Å². The molecule has 6 heavy (non-hydrogen) atoms. The maximum atomic E-state index is 7.77. The van der Waals surface area contributed by atoms with E-state index in [1.165, 1.54) is 6.21 Å². The minimum absolute atomic E-state index is 0.106. The minimum Gasteiger partial charge on any atom is -0.411 e. The fraction of sp³-hybridized carbons (Fsp3) is 0.500. The molecule has 2 heteroatoms. The van der Waals surface area contributed by atoms with Gasteiger partial charge in [-0.3, -0.25) is 0 Å². The molecule has 35 valence electrons. The summed E-state index contributed by atoms with van der Waals surface area (Å²) in [5.41, 5.74) is 0. The lowest BCUT2D eigenvalue weighted by atomic mass is 10.3. The maximum Gasteiger partial charge on any atom is 0.0464 e. The van der Waals surface area contributed by atoms with Gasteiger partial charge in [-0.15, -0.1) is 5.16 Å². The topological polar surface area (TPSA) is 32.6 Å². The third kappa shape index (κ3) is 3.47. The van der Waals surface area contributed by atoms with Gasteiger partial charge in [0.15, 0.2) is 0 Å². The molecule has 0 saturated heterocycles. The molecule has 0 spiro atoms. The van der Waals surface area contributed by atoms with Crippen LogP contribution < -0.4 is 0 Å². The van der Waals surface area contributed by atoms with Crippen LogP contribution in [-0.4, -0.2) is 11.4 Å². The van der Waals surface area contributed by atoms with Gasteiger partial charge in [-0.25, -0.2) is 0 Å². The molecule has 1 radical (unpaired) electrons. The molecule has 0 heterocycles. The first kappa shape index (κ1) is 5.47. The number of hydrogen-bond donors (Lipinski definition) is 1. The second kappa shape index (κ2) is 2.69. The fourth-order valence-corrected chi connectivity index (χ4v) is 0.114. The summed E-state index contributed by atoms with van der Waals surface area (Å²) >= 11 is 0. The average Bonchev–Trinajstić information content (AvgIpc) is 1.35. The molecule has 0 aromatic carbocycles. The highest BCUT2D eigenvalue weighted by Crippen LogP contribution is 1.80. The highest BCUT2D eigenvalue weighted by Gasteiger charge is 1.80. The number of nitrogens with zero attached hydrogens (tertiary/aromatic N) is 1. The summed E-state index contributed by atoms with van der Waals surface area (Å²) in [5, 5.41) is 10.5. The molecular weight excluding hydrogens is 78.0 g/mol. The highest BCUT2D eigenvalue weighted by atomic mass is 16.4. The zero-order valence-corrected chi connectivity index (χ0v) is 3.76. The highest BCUT2D eigenvalue weighted by molar-refractivity contribution is 5.59. The monoisotopic (exact) mass is 86.1 g/mol. The molecule has 0 aliphatic heterocycles. The van der Waals surface area contributed by atoms with E-state index in [0.29, 0.717) is 0 Å². The lowest BCUT2D eigenvalue weighted by Crippen LogP contribution is -1.85. The lowest BCUT2D eigenvalue weighted by Gasteiger charge is -1.84. The van der Waals surface area contributed by atoms with E-state index in [1.54, 1.807) is 0 Å². The van der Waals surface area contributed by atoms with Gasteiger partial charge < -0.3 is 5.21 Å². The predicted octanol–water partition coefficient (Wildman–Crippen LogP) is 0.917. The standard InChI is InChI=1S/C4H8NO/c1-4(2)3-5-6/h3-4,6H,1H2,2H3/b5-3-. The van der Waals surface area contributed by atoms with Crippen molar-refractivity contribution in [3.8, 4) is 0 Å². The summed E-state index contributed by atoms with van der Waals surface area (Å²) in [6, 6.07) is 0. The van der Waals surface area contributed by atoms with Crippen LogP contribution in [0.1, 0.15) is 6.92 Å². The number of oxime groups is 1. The Morgan fingerprint density at radius 3 is 2.50 bits per heavy atom. The lowest BCUT2D eigenvalue weighted by molar-refractivity contribution is 0.319. The molecule has 0 fully saturated rings. The van der Waals surface area contributed by atoms with Gasteiger partial charge in [-0.2, -0.15) is 0 Å². The van der Waals surface area contributed by atoms with Crippen LogP contribution in [0.25, 0.3) is 0 Å². The molecule has 1 unspecified atom stereocenters. The van der Waals surface area contributed by atoms with Crippen molar-refractivity contribution in [2.24, 2.45) is 11.1 Å².